The lowest BCUT2D eigenvalue weighted by Crippen LogP contribution is -2.29. The van der Waals surface area contributed by atoms with Gasteiger partial charge in [0.2, 0.25) is 0 Å². The van der Waals surface area contributed by atoms with E-state index >= 15 is 0 Å². The lowest BCUT2D eigenvalue weighted by molar-refractivity contribution is -0.132. The van der Waals surface area contributed by atoms with E-state index in [9.17, 15) is 14.7 Å². The van der Waals surface area contributed by atoms with E-state index in [-0.39, 0.29) is 11.3 Å². The number of hydrogen-bond acceptors (Lipinski definition) is 6. The van der Waals surface area contributed by atoms with E-state index in [1.54, 1.807) is 43.5 Å². The molecule has 3 aromatic rings. The zero-order chi connectivity index (χ0) is 26.7. The summed E-state index contributed by atoms with van der Waals surface area (Å²) in [6, 6.07) is 16.9. The first-order valence-electron chi connectivity index (χ1n) is 12.1. The fraction of sp³-hybridized carbons (Fsp3) is 0.267. The highest BCUT2D eigenvalue weighted by Gasteiger charge is 2.47. The third-order valence-electron chi connectivity index (χ3n) is 6.32. The molecule has 1 amide bonds. The highest BCUT2D eigenvalue weighted by Crippen LogP contribution is 2.44. The van der Waals surface area contributed by atoms with Gasteiger partial charge in [-0.15, -0.1) is 0 Å². The topological polar surface area (TPSA) is 85.3 Å². The summed E-state index contributed by atoms with van der Waals surface area (Å²) >= 11 is 0. The van der Waals surface area contributed by atoms with E-state index in [0.717, 1.165) is 17.5 Å². The first-order chi connectivity index (χ1) is 17.8. The van der Waals surface area contributed by atoms with Crippen LogP contribution in [0.3, 0.4) is 0 Å². The maximum atomic E-state index is 13.5. The Bertz CT molecular complexity index is 1360. The molecule has 1 unspecified atom stereocenters. The zero-order valence-electron chi connectivity index (χ0n) is 21.7. The SMILES string of the molecule is CCCOc1cccc(C2/C(=C(\O)c3cc(C)cc(C)c3OC)C(=O)C(=O)N2c2ccc(OC)cc2)c1. The van der Waals surface area contributed by atoms with Crippen molar-refractivity contribution in [3.05, 3.63) is 88.5 Å². The van der Waals surface area contributed by atoms with Crippen molar-refractivity contribution in [1.82, 2.24) is 0 Å². The van der Waals surface area contributed by atoms with Crippen molar-refractivity contribution < 1.29 is 28.9 Å². The maximum Gasteiger partial charge on any atom is 0.300 e. The molecule has 1 fully saturated rings. The molecule has 1 aliphatic heterocycles. The Kier molecular flexibility index (Phi) is 7.53. The number of hydrogen-bond donors (Lipinski definition) is 1. The van der Waals surface area contributed by atoms with Gasteiger partial charge in [0.15, 0.2) is 0 Å². The molecule has 7 heteroatoms. The predicted octanol–water partition coefficient (Wildman–Crippen LogP) is 5.74. The number of ether oxygens (including phenoxy) is 3. The molecule has 1 saturated heterocycles. The second-order valence-corrected chi connectivity index (χ2v) is 8.95. The van der Waals surface area contributed by atoms with Crippen molar-refractivity contribution in [2.45, 2.75) is 33.2 Å². The van der Waals surface area contributed by atoms with Crippen LogP contribution in [0.4, 0.5) is 5.69 Å². The van der Waals surface area contributed by atoms with Crippen molar-refractivity contribution in [1.29, 1.82) is 0 Å². The van der Waals surface area contributed by atoms with Gasteiger partial charge < -0.3 is 19.3 Å². The molecule has 1 atom stereocenters. The average molecular weight is 502 g/mol. The summed E-state index contributed by atoms with van der Waals surface area (Å²) in [7, 11) is 3.07. The van der Waals surface area contributed by atoms with E-state index in [4.69, 9.17) is 14.2 Å². The van der Waals surface area contributed by atoms with Crippen LogP contribution < -0.4 is 19.1 Å². The monoisotopic (exact) mass is 501 g/mol. The van der Waals surface area contributed by atoms with Crippen LogP contribution in [0, 0.1) is 13.8 Å². The molecule has 1 N–H and O–H groups in total. The number of ketones is 1. The quantitative estimate of drug-likeness (QED) is 0.241. The Morgan fingerprint density at radius 1 is 0.946 bits per heavy atom. The number of Topliss-reactive ketones (excluding diaryl/α,β-unsaturated/α-hetero) is 1. The van der Waals surface area contributed by atoms with Gasteiger partial charge in [0, 0.05) is 5.69 Å². The number of aryl methyl sites for hydroxylation is 2. The number of anilines is 1. The summed E-state index contributed by atoms with van der Waals surface area (Å²) in [6.45, 7) is 6.30. The lowest BCUT2D eigenvalue weighted by atomic mass is 9.93. The van der Waals surface area contributed by atoms with Gasteiger partial charge >= 0.3 is 0 Å². The zero-order valence-corrected chi connectivity index (χ0v) is 21.7. The normalized spacial score (nSPS) is 16.7. The molecule has 37 heavy (non-hydrogen) atoms. The highest BCUT2D eigenvalue weighted by molar-refractivity contribution is 6.51. The number of amides is 1. The number of benzene rings is 3. The van der Waals surface area contributed by atoms with Crippen molar-refractivity contribution in [3.63, 3.8) is 0 Å². The Balaban J connectivity index is 1.96. The molecular weight excluding hydrogens is 470 g/mol. The van der Waals surface area contributed by atoms with E-state index in [1.165, 1.54) is 12.0 Å². The van der Waals surface area contributed by atoms with Crippen molar-refractivity contribution >= 4 is 23.1 Å². The summed E-state index contributed by atoms with van der Waals surface area (Å²) in [5.74, 6) is -0.129. The van der Waals surface area contributed by atoms with Gasteiger partial charge in [-0.05, 0) is 79.4 Å². The van der Waals surface area contributed by atoms with Crippen LogP contribution in [0.5, 0.6) is 17.2 Å². The summed E-state index contributed by atoms with van der Waals surface area (Å²) in [5.41, 5.74) is 3.16. The standard InChI is InChI=1S/C30H31NO6/c1-6-14-37-23-9-7-8-20(17-23)26-25(27(32)24-16-18(2)15-19(3)29(24)36-5)28(33)30(34)31(26)21-10-12-22(35-4)13-11-21/h7-13,15-17,26,32H,6,14H2,1-5H3/b27-25+. The van der Waals surface area contributed by atoms with Crippen molar-refractivity contribution in [2.75, 3.05) is 25.7 Å². The summed E-state index contributed by atoms with van der Waals surface area (Å²) in [5, 5.41) is 11.6. The highest BCUT2D eigenvalue weighted by atomic mass is 16.5. The molecule has 7 nitrogen and oxygen atoms in total. The minimum atomic E-state index is -0.885. The average Bonchev–Trinajstić information content (AvgIpc) is 3.17. The minimum Gasteiger partial charge on any atom is -0.507 e. The Hall–Kier alpha value is -4.26. The summed E-state index contributed by atoms with van der Waals surface area (Å²) in [4.78, 5) is 28.4. The van der Waals surface area contributed by atoms with E-state index in [1.807, 2.05) is 45.0 Å². The smallest absolute Gasteiger partial charge is 0.300 e. The van der Waals surface area contributed by atoms with Gasteiger partial charge in [0.25, 0.3) is 11.7 Å². The molecule has 1 aliphatic rings. The number of aliphatic hydroxyl groups excluding tert-OH is 1. The number of carbonyl (C=O) groups is 2. The molecule has 192 valence electrons. The van der Waals surface area contributed by atoms with Crippen LogP contribution in [0.2, 0.25) is 0 Å². The summed E-state index contributed by atoms with van der Waals surface area (Å²) in [6.07, 6.45) is 0.834. The summed E-state index contributed by atoms with van der Waals surface area (Å²) < 4.78 is 16.7. The molecule has 0 spiro atoms. The van der Waals surface area contributed by atoms with Crippen LogP contribution in [0.15, 0.2) is 66.2 Å². The van der Waals surface area contributed by atoms with Gasteiger partial charge in [-0.25, -0.2) is 0 Å². The molecule has 0 bridgehead atoms. The number of nitrogens with zero attached hydrogens (tertiary/aromatic N) is 1. The van der Waals surface area contributed by atoms with Crippen LogP contribution in [-0.4, -0.2) is 37.6 Å². The van der Waals surface area contributed by atoms with E-state index < -0.39 is 17.7 Å². The molecule has 0 aliphatic carbocycles. The fourth-order valence-corrected chi connectivity index (χ4v) is 4.70. The van der Waals surface area contributed by atoms with Crippen molar-refractivity contribution in [2.24, 2.45) is 0 Å². The van der Waals surface area contributed by atoms with Crippen LogP contribution in [0.25, 0.3) is 5.76 Å². The third kappa shape index (κ3) is 4.89. The van der Waals surface area contributed by atoms with Gasteiger partial charge in [-0.2, -0.15) is 0 Å². The second-order valence-electron chi connectivity index (χ2n) is 8.95. The van der Waals surface area contributed by atoms with Crippen LogP contribution in [-0.2, 0) is 9.59 Å². The Morgan fingerprint density at radius 2 is 1.68 bits per heavy atom. The fourth-order valence-electron chi connectivity index (χ4n) is 4.70. The largest absolute Gasteiger partial charge is 0.507 e. The number of aliphatic hydroxyl groups is 1. The first-order valence-corrected chi connectivity index (χ1v) is 12.1. The van der Waals surface area contributed by atoms with E-state index in [2.05, 4.69) is 0 Å². The number of rotatable bonds is 8. The number of carbonyl (C=O) groups excluding carboxylic acids is 2. The number of methoxy groups -OCH3 is 2. The Labute approximate surface area is 216 Å². The van der Waals surface area contributed by atoms with E-state index in [0.29, 0.717) is 40.7 Å². The molecular formula is C30H31NO6. The predicted molar refractivity (Wildman–Crippen MR) is 142 cm³/mol. The third-order valence-corrected chi connectivity index (χ3v) is 6.32. The maximum absolute atomic E-state index is 13.5. The van der Waals surface area contributed by atoms with Gasteiger partial charge in [0.05, 0.1) is 38.0 Å². The first kappa shape index (κ1) is 25.8. The molecule has 1 heterocycles. The van der Waals surface area contributed by atoms with Crippen LogP contribution in [0.1, 0.15) is 41.6 Å². The van der Waals surface area contributed by atoms with Gasteiger partial charge in [-0.3, -0.25) is 14.5 Å². The molecule has 3 aromatic carbocycles. The molecule has 4 rings (SSSR count). The van der Waals surface area contributed by atoms with Crippen LogP contribution >= 0.6 is 0 Å². The second kappa shape index (κ2) is 10.8. The van der Waals surface area contributed by atoms with Crippen molar-refractivity contribution in [3.8, 4) is 17.2 Å². The lowest BCUT2D eigenvalue weighted by Gasteiger charge is -2.26. The minimum absolute atomic E-state index is 0.0169. The molecule has 0 aromatic heterocycles. The van der Waals surface area contributed by atoms with Gasteiger partial charge in [0.1, 0.15) is 23.0 Å². The Morgan fingerprint density at radius 3 is 2.32 bits per heavy atom. The molecule has 0 saturated carbocycles. The van der Waals surface area contributed by atoms with Gasteiger partial charge in [-0.1, -0.05) is 25.1 Å². The molecule has 0 radical (unpaired) electrons.